The van der Waals surface area contributed by atoms with Gasteiger partial charge in [-0.15, -0.1) is 0 Å². The molecule has 2 heterocycles. The first-order valence-electron chi connectivity index (χ1n) is 6.11. The van der Waals surface area contributed by atoms with Crippen molar-refractivity contribution >= 4 is 28.5 Å². The molecule has 1 N–H and O–H groups in total. The monoisotopic (exact) mass is 362 g/mol. The standard InChI is InChI=1S/C12H19IN4O/c1-12(2,18)9-16-3-5-17(6-4-16)11-14-7-10(13)8-15-11/h7-8,18H,3-6,9H2,1-2H3. The van der Waals surface area contributed by atoms with Crippen molar-refractivity contribution < 1.29 is 5.11 Å². The molecule has 1 aromatic heterocycles. The normalized spacial score (nSPS) is 18.1. The van der Waals surface area contributed by atoms with Crippen molar-refractivity contribution in [1.82, 2.24) is 14.9 Å². The number of piperazine rings is 1. The van der Waals surface area contributed by atoms with Crippen LogP contribution in [0.15, 0.2) is 12.4 Å². The van der Waals surface area contributed by atoms with Crippen LogP contribution >= 0.6 is 22.6 Å². The van der Waals surface area contributed by atoms with E-state index in [9.17, 15) is 5.11 Å². The van der Waals surface area contributed by atoms with Gasteiger partial charge in [-0.3, -0.25) is 4.90 Å². The Morgan fingerprint density at radius 3 is 2.28 bits per heavy atom. The molecule has 1 fully saturated rings. The number of nitrogens with zero attached hydrogens (tertiary/aromatic N) is 4. The van der Waals surface area contributed by atoms with Gasteiger partial charge >= 0.3 is 0 Å². The van der Waals surface area contributed by atoms with Crippen LogP contribution in [0.2, 0.25) is 0 Å². The quantitative estimate of drug-likeness (QED) is 0.813. The van der Waals surface area contributed by atoms with Crippen LogP contribution in [0.25, 0.3) is 0 Å². The molecule has 0 amide bonds. The van der Waals surface area contributed by atoms with Crippen LogP contribution in [-0.2, 0) is 0 Å². The number of aromatic nitrogens is 2. The number of aliphatic hydroxyl groups is 1. The van der Waals surface area contributed by atoms with Crippen molar-refractivity contribution in [2.45, 2.75) is 19.4 Å². The largest absolute Gasteiger partial charge is 0.389 e. The number of halogens is 1. The van der Waals surface area contributed by atoms with Crippen LogP contribution in [-0.4, -0.2) is 58.3 Å². The van der Waals surface area contributed by atoms with Gasteiger partial charge in [0.05, 0.1) is 5.60 Å². The van der Waals surface area contributed by atoms with E-state index >= 15 is 0 Å². The van der Waals surface area contributed by atoms with Crippen LogP contribution in [0, 0.1) is 3.57 Å². The Labute approximate surface area is 121 Å². The molecule has 1 aliphatic heterocycles. The average molecular weight is 362 g/mol. The first-order chi connectivity index (χ1) is 8.44. The first kappa shape index (κ1) is 14.0. The van der Waals surface area contributed by atoms with E-state index in [2.05, 4.69) is 42.4 Å². The number of rotatable bonds is 3. The molecular formula is C12H19IN4O. The summed E-state index contributed by atoms with van der Waals surface area (Å²) in [6.07, 6.45) is 3.68. The summed E-state index contributed by atoms with van der Waals surface area (Å²) in [5.74, 6) is 0.804. The summed E-state index contributed by atoms with van der Waals surface area (Å²) < 4.78 is 1.05. The number of hydrogen-bond donors (Lipinski definition) is 1. The highest BCUT2D eigenvalue weighted by molar-refractivity contribution is 14.1. The van der Waals surface area contributed by atoms with Crippen LogP contribution < -0.4 is 4.90 Å². The van der Waals surface area contributed by atoms with Crippen molar-refractivity contribution in [1.29, 1.82) is 0 Å². The summed E-state index contributed by atoms with van der Waals surface area (Å²) in [4.78, 5) is 13.2. The van der Waals surface area contributed by atoms with Crippen molar-refractivity contribution in [3.05, 3.63) is 16.0 Å². The molecule has 0 aromatic carbocycles. The second-order valence-electron chi connectivity index (χ2n) is 5.28. The van der Waals surface area contributed by atoms with E-state index in [4.69, 9.17) is 0 Å². The van der Waals surface area contributed by atoms with Gasteiger partial charge in [0.15, 0.2) is 0 Å². The predicted octanol–water partition coefficient (Wildman–Crippen LogP) is 0.974. The summed E-state index contributed by atoms with van der Waals surface area (Å²) in [6, 6.07) is 0. The smallest absolute Gasteiger partial charge is 0.225 e. The second-order valence-corrected chi connectivity index (χ2v) is 6.52. The maximum absolute atomic E-state index is 9.80. The zero-order chi connectivity index (χ0) is 13.2. The molecule has 18 heavy (non-hydrogen) atoms. The molecule has 0 unspecified atom stereocenters. The lowest BCUT2D eigenvalue weighted by Crippen LogP contribution is -2.50. The highest BCUT2D eigenvalue weighted by Crippen LogP contribution is 2.13. The average Bonchev–Trinajstić information content (AvgIpc) is 2.29. The summed E-state index contributed by atoms with van der Waals surface area (Å²) in [5.41, 5.74) is -0.623. The van der Waals surface area contributed by atoms with E-state index in [1.54, 1.807) is 0 Å². The Kier molecular flexibility index (Phi) is 4.39. The van der Waals surface area contributed by atoms with Crippen LogP contribution in [0.1, 0.15) is 13.8 Å². The molecule has 100 valence electrons. The van der Waals surface area contributed by atoms with Crippen molar-refractivity contribution in [2.75, 3.05) is 37.6 Å². The van der Waals surface area contributed by atoms with Gasteiger partial charge in [0.1, 0.15) is 0 Å². The van der Waals surface area contributed by atoms with Gasteiger partial charge in [-0.1, -0.05) is 0 Å². The van der Waals surface area contributed by atoms with E-state index in [0.717, 1.165) is 35.7 Å². The molecule has 6 heteroatoms. The van der Waals surface area contributed by atoms with Gasteiger partial charge in [0.2, 0.25) is 5.95 Å². The van der Waals surface area contributed by atoms with Gasteiger partial charge in [-0.25, -0.2) is 9.97 Å². The summed E-state index contributed by atoms with van der Waals surface area (Å²) >= 11 is 2.21. The third-order valence-electron chi connectivity index (χ3n) is 2.87. The lowest BCUT2D eigenvalue weighted by atomic mass is 10.1. The zero-order valence-electron chi connectivity index (χ0n) is 10.8. The third kappa shape index (κ3) is 4.03. The molecule has 1 saturated heterocycles. The Balaban J connectivity index is 1.88. The van der Waals surface area contributed by atoms with E-state index < -0.39 is 5.60 Å². The highest BCUT2D eigenvalue weighted by Gasteiger charge is 2.23. The Morgan fingerprint density at radius 1 is 1.22 bits per heavy atom. The van der Waals surface area contributed by atoms with E-state index in [-0.39, 0.29) is 0 Å². The Bertz CT molecular complexity index is 382. The van der Waals surface area contributed by atoms with Gasteiger partial charge in [0.25, 0.3) is 0 Å². The van der Waals surface area contributed by atoms with Crippen LogP contribution in [0.3, 0.4) is 0 Å². The molecule has 0 saturated carbocycles. The van der Waals surface area contributed by atoms with Crippen molar-refractivity contribution in [3.63, 3.8) is 0 Å². The van der Waals surface area contributed by atoms with Gasteiger partial charge < -0.3 is 10.0 Å². The fourth-order valence-corrected chi connectivity index (χ4v) is 2.40. The molecule has 1 aliphatic rings. The van der Waals surface area contributed by atoms with Crippen molar-refractivity contribution in [3.8, 4) is 0 Å². The van der Waals surface area contributed by atoms with E-state index in [1.807, 2.05) is 26.2 Å². The molecule has 2 rings (SSSR count). The Morgan fingerprint density at radius 2 is 1.78 bits per heavy atom. The van der Waals surface area contributed by atoms with Crippen LogP contribution in [0.4, 0.5) is 5.95 Å². The topological polar surface area (TPSA) is 52.5 Å². The van der Waals surface area contributed by atoms with E-state index in [1.165, 1.54) is 0 Å². The minimum atomic E-state index is -0.623. The molecule has 5 nitrogen and oxygen atoms in total. The maximum Gasteiger partial charge on any atom is 0.225 e. The van der Waals surface area contributed by atoms with Crippen LogP contribution in [0.5, 0.6) is 0 Å². The van der Waals surface area contributed by atoms with Gasteiger partial charge in [-0.05, 0) is 36.4 Å². The second kappa shape index (κ2) is 5.66. The highest BCUT2D eigenvalue weighted by atomic mass is 127. The summed E-state index contributed by atoms with van der Waals surface area (Å²) in [6.45, 7) is 8.13. The molecule has 0 bridgehead atoms. The first-order valence-corrected chi connectivity index (χ1v) is 7.19. The number of anilines is 1. The lowest BCUT2D eigenvalue weighted by molar-refractivity contribution is 0.0344. The molecule has 1 aromatic rings. The SMILES string of the molecule is CC(C)(O)CN1CCN(c2ncc(I)cn2)CC1. The van der Waals surface area contributed by atoms with Gasteiger partial charge in [0, 0.05) is 48.7 Å². The third-order valence-corrected chi connectivity index (χ3v) is 3.43. The number of β-amino-alcohol motifs (C(OH)–C–C–N with tert-alkyl or cyclic N) is 1. The van der Waals surface area contributed by atoms with Crippen molar-refractivity contribution in [2.24, 2.45) is 0 Å². The molecular weight excluding hydrogens is 343 g/mol. The Hall–Kier alpha value is -0.470. The molecule has 0 aliphatic carbocycles. The zero-order valence-corrected chi connectivity index (χ0v) is 13.0. The number of hydrogen-bond acceptors (Lipinski definition) is 5. The molecule has 0 atom stereocenters. The van der Waals surface area contributed by atoms with E-state index in [0.29, 0.717) is 6.54 Å². The lowest BCUT2D eigenvalue weighted by Gasteiger charge is -2.37. The maximum atomic E-state index is 9.80. The summed E-state index contributed by atoms with van der Waals surface area (Å²) in [5, 5.41) is 9.80. The minimum Gasteiger partial charge on any atom is -0.389 e. The fourth-order valence-electron chi connectivity index (χ4n) is 2.12. The molecule has 0 spiro atoms. The fraction of sp³-hybridized carbons (Fsp3) is 0.667. The minimum absolute atomic E-state index is 0.623. The molecule has 0 radical (unpaired) electrons. The summed E-state index contributed by atoms with van der Waals surface area (Å²) in [7, 11) is 0. The van der Waals surface area contributed by atoms with Gasteiger partial charge in [-0.2, -0.15) is 0 Å². The predicted molar refractivity (Wildman–Crippen MR) is 79.7 cm³/mol.